The average Bonchev–Trinajstić information content (AvgIpc) is 3.67. The van der Waals surface area contributed by atoms with Crippen molar-refractivity contribution < 1.29 is 19.1 Å². The molecule has 41 heavy (non-hydrogen) atoms. The monoisotopic (exact) mass is 550 g/mol. The highest BCUT2D eigenvalue weighted by Crippen LogP contribution is 2.38. The molecule has 1 fully saturated rings. The molecule has 1 aliphatic rings. The second-order valence-electron chi connectivity index (χ2n) is 10.0. The van der Waals surface area contributed by atoms with Gasteiger partial charge in [0.25, 0.3) is 5.91 Å². The number of halogens is 1. The van der Waals surface area contributed by atoms with Gasteiger partial charge in [0.2, 0.25) is 0 Å². The number of carbonyl (C=O) groups excluding carboxylic acids is 2. The Kier molecular flexibility index (Phi) is 7.11. The maximum atomic E-state index is 14.1. The van der Waals surface area contributed by atoms with Crippen LogP contribution in [0.5, 0.6) is 5.75 Å². The summed E-state index contributed by atoms with van der Waals surface area (Å²) in [6.07, 6.45) is 5.38. The smallest absolute Gasteiger partial charge is 0.342 e. The van der Waals surface area contributed by atoms with E-state index in [-0.39, 0.29) is 23.9 Å². The normalized spacial score (nSPS) is 13.4. The van der Waals surface area contributed by atoms with Gasteiger partial charge in [0.1, 0.15) is 17.3 Å². The van der Waals surface area contributed by atoms with Crippen LogP contribution in [0.3, 0.4) is 0 Å². The molecular weight excluding hydrogens is 523 g/mol. The highest BCUT2D eigenvalue weighted by atomic mass is 19.1. The van der Waals surface area contributed by atoms with E-state index in [1.54, 1.807) is 36.4 Å². The number of hydrogen-bond acceptors (Lipinski definition) is 6. The van der Waals surface area contributed by atoms with E-state index >= 15 is 0 Å². The minimum atomic E-state index is -0.471. The van der Waals surface area contributed by atoms with E-state index < -0.39 is 17.8 Å². The number of phenolic OH excluding ortho intramolecular Hbond substituents is 1. The van der Waals surface area contributed by atoms with E-state index in [2.05, 4.69) is 25.7 Å². The fourth-order valence-electron chi connectivity index (χ4n) is 5.18. The van der Waals surface area contributed by atoms with Gasteiger partial charge in [-0.2, -0.15) is 9.78 Å². The Hall–Kier alpha value is -5.12. The van der Waals surface area contributed by atoms with Crippen molar-refractivity contribution in [2.75, 3.05) is 5.32 Å². The van der Waals surface area contributed by atoms with E-state index in [9.17, 15) is 19.1 Å². The number of amides is 2. The fourth-order valence-corrected chi connectivity index (χ4v) is 5.18. The molecule has 0 radical (unpaired) electrons. The molecule has 5 aromatic rings. The predicted molar refractivity (Wildman–Crippen MR) is 152 cm³/mol. The summed E-state index contributed by atoms with van der Waals surface area (Å²) in [6, 6.07) is 19.6. The molecule has 0 aliphatic heterocycles. The van der Waals surface area contributed by atoms with Crippen molar-refractivity contribution in [3.8, 4) is 17.0 Å². The number of carbonyl (C=O) groups is 2. The molecule has 0 bridgehead atoms. The van der Waals surface area contributed by atoms with Crippen LogP contribution in [0.2, 0.25) is 0 Å². The third kappa shape index (κ3) is 5.49. The molecule has 6 rings (SSSR count). The predicted octanol–water partition coefficient (Wildman–Crippen LogP) is 6.01. The number of hydrogen-bond donors (Lipinski definition) is 3. The number of fused-ring (bicyclic) bond motifs is 1. The number of anilines is 1. The molecule has 2 heterocycles. The average molecular weight is 551 g/mol. The second kappa shape index (κ2) is 11.2. The van der Waals surface area contributed by atoms with Crippen LogP contribution in [-0.4, -0.2) is 36.8 Å². The van der Waals surface area contributed by atoms with Crippen LogP contribution in [0, 0.1) is 5.82 Å². The lowest BCUT2D eigenvalue weighted by molar-refractivity contribution is 0.102. The van der Waals surface area contributed by atoms with Gasteiger partial charge < -0.3 is 15.7 Å². The summed E-state index contributed by atoms with van der Waals surface area (Å²) >= 11 is 0. The summed E-state index contributed by atoms with van der Waals surface area (Å²) in [5.41, 5.74) is 3.75. The van der Waals surface area contributed by atoms with Gasteiger partial charge in [0.15, 0.2) is 0 Å². The number of para-hydroxylation sites is 2. The second-order valence-corrected chi connectivity index (χ2v) is 10.0. The number of nitrogens with one attached hydrogen (secondary N) is 2. The van der Waals surface area contributed by atoms with Crippen LogP contribution >= 0.6 is 0 Å². The molecule has 1 aliphatic carbocycles. The molecule has 0 unspecified atom stereocenters. The van der Waals surface area contributed by atoms with Gasteiger partial charge >= 0.3 is 6.03 Å². The maximum absolute atomic E-state index is 14.1. The standard InChI is InChI=1S/C31H27FN6O3/c32-23-10-4-3-9-20(23)17-34-31(41)38-28(19-7-1-2-8-19)16-26(37-38)22-14-13-21(15-29(22)39)35-30(40)27-18-33-24-11-5-6-12-25(24)36-27/h3-6,9-16,18-19,39H,1-2,7-8,17H2,(H,34,41)(H,35,40). The van der Waals surface area contributed by atoms with Gasteiger partial charge in [-0.05, 0) is 49.2 Å². The fraction of sp³-hybridized carbons (Fsp3) is 0.194. The lowest BCUT2D eigenvalue weighted by atomic mass is 10.0. The minimum absolute atomic E-state index is 0.0199. The molecule has 0 saturated heterocycles. The van der Waals surface area contributed by atoms with Crippen molar-refractivity contribution in [2.45, 2.75) is 38.1 Å². The van der Waals surface area contributed by atoms with Gasteiger partial charge in [0.05, 0.1) is 28.6 Å². The van der Waals surface area contributed by atoms with Crippen molar-refractivity contribution in [2.24, 2.45) is 0 Å². The Morgan fingerprint density at radius 3 is 2.51 bits per heavy atom. The zero-order valence-corrected chi connectivity index (χ0v) is 22.0. The van der Waals surface area contributed by atoms with E-state index in [4.69, 9.17) is 0 Å². The molecule has 10 heteroatoms. The SMILES string of the molecule is O=C(Nc1ccc(-c2cc(C3CCCC3)n(C(=O)NCc3ccccc3F)n2)c(O)c1)c1cnc2ccccc2n1. The molecule has 9 nitrogen and oxygen atoms in total. The molecule has 0 spiro atoms. The summed E-state index contributed by atoms with van der Waals surface area (Å²) in [5.74, 6) is -0.814. The van der Waals surface area contributed by atoms with Crippen molar-refractivity contribution >= 4 is 28.7 Å². The Balaban J connectivity index is 1.23. The third-order valence-electron chi connectivity index (χ3n) is 7.30. The Bertz CT molecular complexity index is 1760. The Labute approximate surface area is 235 Å². The van der Waals surface area contributed by atoms with Crippen molar-refractivity contribution in [3.05, 3.63) is 102 Å². The third-order valence-corrected chi connectivity index (χ3v) is 7.30. The first-order chi connectivity index (χ1) is 20.0. The molecule has 3 aromatic carbocycles. The first-order valence-electron chi connectivity index (χ1n) is 13.4. The molecule has 206 valence electrons. The van der Waals surface area contributed by atoms with Gasteiger partial charge in [-0.25, -0.2) is 14.2 Å². The number of aromatic nitrogens is 4. The number of benzene rings is 3. The number of phenols is 1. The van der Waals surface area contributed by atoms with Gasteiger partial charge in [-0.15, -0.1) is 0 Å². The van der Waals surface area contributed by atoms with E-state index in [0.29, 0.717) is 33.5 Å². The van der Waals surface area contributed by atoms with Crippen molar-refractivity contribution in [1.82, 2.24) is 25.1 Å². The lowest BCUT2D eigenvalue weighted by Crippen LogP contribution is -2.31. The van der Waals surface area contributed by atoms with Crippen LogP contribution in [0.25, 0.3) is 22.3 Å². The van der Waals surface area contributed by atoms with Crippen LogP contribution in [0.1, 0.15) is 53.3 Å². The van der Waals surface area contributed by atoms with Crippen LogP contribution in [-0.2, 0) is 6.54 Å². The Morgan fingerprint density at radius 2 is 1.73 bits per heavy atom. The molecule has 0 atom stereocenters. The summed E-state index contributed by atoms with van der Waals surface area (Å²) < 4.78 is 15.4. The van der Waals surface area contributed by atoms with E-state index in [1.807, 2.05) is 24.3 Å². The van der Waals surface area contributed by atoms with E-state index in [0.717, 1.165) is 31.4 Å². The molecular formula is C31H27FN6O3. The highest BCUT2D eigenvalue weighted by molar-refractivity contribution is 6.03. The van der Waals surface area contributed by atoms with Gasteiger partial charge in [0, 0.05) is 35.3 Å². The molecule has 3 N–H and O–H groups in total. The highest BCUT2D eigenvalue weighted by Gasteiger charge is 2.26. The lowest BCUT2D eigenvalue weighted by Gasteiger charge is -2.12. The zero-order chi connectivity index (χ0) is 28.3. The first kappa shape index (κ1) is 26.1. The topological polar surface area (TPSA) is 122 Å². The largest absolute Gasteiger partial charge is 0.507 e. The van der Waals surface area contributed by atoms with Crippen molar-refractivity contribution in [1.29, 1.82) is 0 Å². The summed E-state index contributed by atoms with van der Waals surface area (Å²) in [5, 5.41) is 20.9. The minimum Gasteiger partial charge on any atom is -0.507 e. The number of aromatic hydroxyl groups is 1. The number of rotatable bonds is 6. The van der Waals surface area contributed by atoms with Gasteiger partial charge in [-0.3, -0.25) is 9.78 Å². The van der Waals surface area contributed by atoms with Gasteiger partial charge in [-0.1, -0.05) is 43.2 Å². The zero-order valence-electron chi connectivity index (χ0n) is 22.0. The van der Waals surface area contributed by atoms with E-state index in [1.165, 1.54) is 23.0 Å². The summed E-state index contributed by atoms with van der Waals surface area (Å²) in [7, 11) is 0. The Morgan fingerprint density at radius 1 is 0.976 bits per heavy atom. The molecule has 2 amide bonds. The van der Waals surface area contributed by atoms with Crippen LogP contribution in [0.15, 0.2) is 79.0 Å². The first-order valence-corrected chi connectivity index (χ1v) is 13.4. The maximum Gasteiger partial charge on any atom is 0.342 e. The molecule has 1 saturated carbocycles. The summed E-state index contributed by atoms with van der Waals surface area (Å²) in [6.45, 7) is 0.0199. The van der Waals surface area contributed by atoms with Crippen molar-refractivity contribution in [3.63, 3.8) is 0 Å². The number of nitrogens with zero attached hydrogens (tertiary/aromatic N) is 4. The summed E-state index contributed by atoms with van der Waals surface area (Å²) in [4.78, 5) is 34.6. The van der Waals surface area contributed by atoms with Crippen LogP contribution < -0.4 is 10.6 Å². The molecule has 2 aromatic heterocycles. The quantitative estimate of drug-likeness (QED) is 0.238. The van der Waals surface area contributed by atoms with Crippen LogP contribution in [0.4, 0.5) is 14.9 Å².